The second kappa shape index (κ2) is 11.9. The number of halogens is 1. The monoisotopic (exact) mass is 448 g/mol. The standard InChI is InChI=1S/C13H21ClO4.C7H8O3S/c1-6-17-12(16)10(14)7-9(2)8-11(15)18-13(3,4)5;1-6-2-4-7(5-3-6)11(8,9)10/h7,9H,6,8H2,1-5H3;2-5H,1H3,(H,8,9,10)/b10-7-;/t9-;/m1./s1. The fraction of sp³-hybridized carbons (Fsp3) is 0.500. The van der Waals surface area contributed by atoms with Crippen LogP contribution >= 0.6 is 11.6 Å². The van der Waals surface area contributed by atoms with Gasteiger partial charge in [0.2, 0.25) is 0 Å². The molecule has 1 rings (SSSR count). The second-order valence-electron chi connectivity index (χ2n) is 7.29. The lowest BCUT2D eigenvalue weighted by Gasteiger charge is -2.20. The zero-order chi connectivity index (χ0) is 22.8. The molecule has 0 unspecified atom stereocenters. The maximum Gasteiger partial charge on any atom is 0.349 e. The maximum absolute atomic E-state index is 11.5. The van der Waals surface area contributed by atoms with Gasteiger partial charge < -0.3 is 9.47 Å². The Balaban J connectivity index is 0.000000604. The Hall–Kier alpha value is -1.90. The first kappa shape index (κ1) is 27.1. The Labute approximate surface area is 177 Å². The summed E-state index contributed by atoms with van der Waals surface area (Å²) < 4.78 is 39.5. The van der Waals surface area contributed by atoms with Gasteiger partial charge in [0, 0.05) is 0 Å². The van der Waals surface area contributed by atoms with Crippen molar-refractivity contribution in [3.05, 3.63) is 40.9 Å². The van der Waals surface area contributed by atoms with Crippen molar-refractivity contribution in [2.24, 2.45) is 5.92 Å². The molecular formula is C20H29ClO7S. The average molecular weight is 449 g/mol. The highest BCUT2D eigenvalue weighted by Gasteiger charge is 2.18. The molecule has 0 aromatic heterocycles. The van der Waals surface area contributed by atoms with Crippen molar-refractivity contribution in [1.29, 1.82) is 0 Å². The van der Waals surface area contributed by atoms with E-state index in [1.807, 2.05) is 6.92 Å². The van der Waals surface area contributed by atoms with E-state index in [2.05, 4.69) is 0 Å². The number of hydrogen-bond acceptors (Lipinski definition) is 6. The maximum atomic E-state index is 11.5. The van der Waals surface area contributed by atoms with E-state index in [1.165, 1.54) is 18.2 Å². The summed E-state index contributed by atoms with van der Waals surface area (Å²) in [7, 11) is -4.02. The topological polar surface area (TPSA) is 107 Å². The molecule has 0 saturated carbocycles. The van der Waals surface area contributed by atoms with Crippen molar-refractivity contribution in [2.45, 2.75) is 58.5 Å². The number of rotatable bonds is 6. The minimum absolute atomic E-state index is 0.00657. The molecule has 0 bridgehead atoms. The van der Waals surface area contributed by atoms with E-state index in [4.69, 9.17) is 25.6 Å². The molecule has 0 saturated heterocycles. The molecule has 1 atom stereocenters. The minimum atomic E-state index is -4.02. The van der Waals surface area contributed by atoms with E-state index in [9.17, 15) is 18.0 Å². The molecule has 1 aromatic rings. The summed E-state index contributed by atoms with van der Waals surface area (Å²) in [6.07, 6.45) is 1.68. The van der Waals surface area contributed by atoms with Crippen LogP contribution in [0.1, 0.15) is 46.6 Å². The Bertz CT molecular complexity index is 806. The van der Waals surface area contributed by atoms with Crippen molar-refractivity contribution in [3.8, 4) is 0 Å². The Morgan fingerprint density at radius 2 is 1.72 bits per heavy atom. The van der Waals surface area contributed by atoms with Crippen LogP contribution in [0.2, 0.25) is 0 Å². The summed E-state index contributed by atoms with van der Waals surface area (Å²) in [6.45, 7) is 11.0. The number of esters is 2. The van der Waals surface area contributed by atoms with Gasteiger partial charge in [-0.05, 0) is 52.7 Å². The molecule has 0 aliphatic rings. The van der Waals surface area contributed by atoms with Crippen LogP contribution in [-0.2, 0) is 29.2 Å². The Kier molecular flexibility index (Phi) is 11.2. The highest BCUT2D eigenvalue weighted by atomic mass is 35.5. The largest absolute Gasteiger partial charge is 0.462 e. The molecule has 0 heterocycles. The first-order valence-electron chi connectivity index (χ1n) is 8.96. The first-order valence-corrected chi connectivity index (χ1v) is 10.8. The predicted molar refractivity (Wildman–Crippen MR) is 111 cm³/mol. The van der Waals surface area contributed by atoms with Gasteiger partial charge in [-0.2, -0.15) is 8.42 Å². The van der Waals surface area contributed by atoms with E-state index in [-0.39, 0.29) is 34.8 Å². The minimum Gasteiger partial charge on any atom is -0.462 e. The average Bonchev–Trinajstić information content (AvgIpc) is 2.53. The Morgan fingerprint density at radius 1 is 1.21 bits per heavy atom. The van der Waals surface area contributed by atoms with Crippen molar-refractivity contribution in [2.75, 3.05) is 6.61 Å². The highest BCUT2D eigenvalue weighted by molar-refractivity contribution is 7.85. The van der Waals surface area contributed by atoms with Gasteiger partial charge in [0.1, 0.15) is 10.6 Å². The molecule has 0 amide bonds. The molecule has 1 N–H and O–H groups in total. The van der Waals surface area contributed by atoms with E-state index in [0.29, 0.717) is 0 Å². The normalized spacial score (nSPS) is 13.0. The van der Waals surface area contributed by atoms with Crippen LogP contribution in [0.5, 0.6) is 0 Å². The van der Waals surface area contributed by atoms with Gasteiger partial charge in [-0.1, -0.05) is 42.3 Å². The molecule has 7 nitrogen and oxygen atoms in total. The lowest BCUT2D eigenvalue weighted by atomic mass is 10.1. The predicted octanol–water partition coefficient (Wildman–Crippen LogP) is 4.28. The number of benzene rings is 1. The van der Waals surface area contributed by atoms with Crippen molar-refractivity contribution >= 4 is 33.7 Å². The van der Waals surface area contributed by atoms with Crippen molar-refractivity contribution in [3.63, 3.8) is 0 Å². The Morgan fingerprint density at radius 3 is 2.14 bits per heavy atom. The van der Waals surface area contributed by atoms with Crippen LogP contribution < -0.4 is 0 Å². The SMILES string of the molecule is CCOC(=O)/C(Cl)=C/[C@@H](C)CC(=O)OC(C)(C)C.Cc1ccc(S(=O)(=O)O)cc1. The zero-order valence-corrected chi connectivity index (χ0v) is 19.1. The van der Waals surface area contributed by atoms with Gasteiger partial charge in [-0.3, -0.25) is 9.35 Å². The van der Waals surface area contributed by atoms with E-state index in [1.54, 1.807) is 46.8 Å². The van der Waals surface area contributed by atoms with Crippen molar-refractivity contribution in [1.82, 2.24) is 0 Å². The van der Waals surface area contributed by atoms with Gasteiger partial charge in [0.05, 0.1) is 17.9 Å². The number of ether oxygens (including phenoxy) is 2. The number of aryl methyl sites for hydroxylation is 1. The van der Waals surface area contributed by atoms with E-state index < -0.39 is 21.7 Å². The van der Waals surface area contributed by atoms with Crippen LogP contribution in [0.25, 0.3) is 0 Å². The van der Waals surface area contributed by atoms with E-state index >= 15 is 0 Å². The van der Waals surface area contributed by atoms with E-state index in [0.717, 1.165) is 5.56 Å². The van der Waals surface area contributed by atoms with Gasteiger partial charge >= 0.3 is 11.9 Å². The summed E-state index contributed by atoms with van der Waals surface area (Å²) in [6, 6.07) is 5.99. The summed E-state index contributed by atoms with van der Waals surface area (Å²) in [5.74, 6) is -1.08. The third-order valence-corrected chi connectivity index (χ3v) is 4.28. The summed E-state index contributed by atoms with van der Waals surface area (Å²) in [5, 5.41) is -0.00657. The fourth-order valence-corrected chi connectivity index (χ4v) is 2.68. The second-order valence-corrected chi connectivity index (χ2v) is 9.12. The summed E-state index contributed by atoms with van der Waals surface area (Å²) in [5.41, 5.74) is 0.447. The summed E-state index contributed by atoms with van der Waals surface area (Å²) in [4.78, 5) is 22.7. The van der Waals surface area contributed by atoms with Crippen molar-refractivity contribution < 1.29 is 32.0 Å². The van der Waals surface area contributed by atoms with Gasteiger partial charge in [0.15, 0.2) is 0 Å². The molecular weight excluding hydrogens is 420 g/mol. The van der Waals surface area contributed by atoms with Gasteiger partial charge in [-0.25, -0.2) is 4.79 Å². The number of allylic oxidation sites excluding steroid dienone is 1. The van der Waals surface area contributed by atoms with Gasteiger partial charge in [0.25, 0.3) is 10.1 Å². The van der Waals surface area contributed by atoms with Crippen LogP contribution in [0.15, 0.2) is 40.3 Å². The number of carbonyl (C=O) groups is 2. The lowest BCUT2D eigenvalue weighted by Crippen LogP contribution is -2.24. The molecule has 0 aliphatic carbocycles. The molecule has 1 aromatic carbocycles. The molecule has 0 aliphatic heterocycles. The smallest absolute Gasteiger partial charge is 0.349 e. The molecule has 0 spiro atoms. The van der Waals surface area contributed by atoms with Gasteiger partial charge in [-0.15, -0.1) is 0 Å². The van der Waals surface area contributed by atoms with Crippen LogP contribution in [0.3, 0.4) is 0 Å². The molecule has 29 heavy (non-hydrogen) atoms. The van der Waals surface area contributed by atoms with Crippen LogP contribution in [0, 0.1) is 12.8 Å². The third-order valence-electron chi connectivity index (χ3n) is 3.13. The molecule has 9 heteroatoms. The lowest BCUT2D eigenvalue weighted by molar-refractivity contribution is -0.155. The quantitative estimate of drug-likeness (QED) is 0.393. The first-order chi connectivity index (χ1) is 13.2. The van der Waals surface area contributed by atoms with Crippen LogP contribution in [0.4, 0.5) is 0 Å². The third kappa shape index (κ3) is 13.0. The fourth-order valence-electron chi connectivity index (χ4n) is 1.93. The zero-order valence-electron chi connectivity index (χ0n) is 17.6. The molecule has 164 valence electrons. The number of carbonyl (C=O) groups excluding carboxylic acids is 2. The summed E-state index contributed by atoms with van der Waals surface area (Å²) >= 11 is 5.76. The molecule has 0 fully saturated rings. The molecule has 0 radical (unpaired) electrons. The number of hydrogen-bond donors (Lipinski definition) is 1. The van der Waals surface area contributed by atoms with Crippen LogP contribution in [-0.4, -0.2) is 37.1 Å². The highest BCUT2D eigenvalue weighted by Crippen LogP contribution is 2.16.